The van der Waals surface area contributed by atoms with Crippen LogP contribution in [0.1, 0.15) is 24.3 Å². The van der Waals surface area contributed by atoms with Crippen LogP contribution in [0.15, 0.2) is 17.9 Å². The fourth-order valence-corrected chi connectivity index (χ4v) is 2.82. The topological polar surface area (TPSA) is 71.9 Å². The fraction of sp³-hybridized carbons (Fsp3) is 0.462. The van der Waals surface area contributed by atoms with Gasteiger partial charge < -0.3 is 4.90 Å². The van der Waals surface area contributed by atoms with Crippen molar-refractivity contribution in [3.05, 3.63) is 23.6 Å². The Morgan fingerprint density at radius 1 is 1.30 bits per heavy atom. The number of nitrogens with zero attached hydrogens (tertiary/aromatic N) is 5. The minimum Gasteiger partial charge on any atom is -0.337 e. The molecule has 2 aromatic rings. The minimum atomic E-state index is -0.0555. The van der Waals surface area contributed by atoms with Crippen LogP contribution in [0.4, 0.5) is 0 Å². The van der Waals surface area contributed by atoms with Gasteiger partial charge >= 0.3 is 0 Å². The second-order valence-electron chi connectivity index (χ2n) is 5.20. The molecule has 0 spiro atoms. The number of rotatable bonds is 2. The van der Waals surface area contributed by atoms with E-state index in [1.54, 1.807) is 11.7 Å². The Hall–Kier alpha value is -1.89. The average Bonchev–Trinajstić information content (AvgIpc) is 3.09. The van der Waals surface area contributed by atoms with E-state index in [-0.39, 0.29) is 5.91 Å². The van der Waals surface area contributed by atoms with E-state index in [2.05, 4.69) is 34.0 Å². The number of amides is 1. The highest BCUT2D eigenvalue weighted by atomic mass is 32.1. The number of aromatic nitrogens is 4. The number of likely N-dealkylation sites (tertiary alicyclic amines) is 1. The van der Waals surface area contributed by atoms with Crippen molar-refractivity contribution in [2.45, 2.75) is 13.8 Å². The Bertz CT molecular complexity index is 605. The van der Waals surface area contributed by atoms with Gasteiger partial charge in [-0.2, -0.15) is 0 Å². The van der Waals surface area contributed by atoms with Crippen molar-refractivity contribution in [1.82, 2.24) is 25.1 Å². The summed E-state index contributed by atoms with van der Waals surface area (Å²) in [5.74, 6) is 0.997. The van der Waals surface area contributed by atoms with Gasteiger partial charge in [0.2, 0.25) is 0 Å². The Labute approximate surface area is 120 Å². The number of hydrogen-bond donors (Lipinski definition) is 0. The van der Waals surface area contributed by atoms with Gasteiger partial charge in [-0.15, -0.1) is 10.2 Å². The van der Waals surface area contributed by atoms with Crippen LogP contribution in [-0.2, 0) is 0 Å². The second kappa shape index (κ2) is 5.24. The normalized spacial score (nSPS) is 22.2. The molecule has 0 aliphatic carbocycles. The van der Waals surface area contributed by atoms with Gasteiger partial charge in [0.25, 0.3) is 5.91 Å². The van der Waals surface area contributed by atoms with Gasteiger partial charge in [-0.25, -0.2) is 4.98 Å². The summed E-state index contributed by atoms with van der Waals surface area (Å²) in [6.07, 6.45) is 3.12. The van der Waals surface area contributed by atoms with Crippen LogP contribution in [-0.4, -0.2) is 44.1 Å². The van der Waals surface area contributed by atoms with Gasteiger partial charge in [-0.3, -0.25) is 9.78 Å². The lowest BCUT2D eigenvalue weighted by Crippen LogP contribution is -2.29. The van der Waals surface area contributed by atoms with E-state index >= 15 is 0 Å². The van der Waals surface area contributed by atoms with Crippen molar-refractivity contribution in [3.8, 4) is 10.7 Å². The molecule has 2 aromatic heterocycles. The first-order chi connectivity index (χ1) is 9.65. The highest BCUT2D eigenvalue weighted by molar-refractivity contribution is 7.12. The van der Waals surface area contributed by atoms with Crippen LogP contribution in [0.25, 0.3) is 10.7 Å². The van der Waals surface area contributed by atoms with Crippen molar-refractivity contribution in [3.63, 3.8) is 0 Å². The van der Waals surface area contributed by atoms with Crippen molar-refractivity contribution in [1.29, 1.82) is 0 Å². The predicted octanol–water partition coefficient (Wildman–Crippen LogP) is 1.72. The highest BCUT2D eigenvalue weighted by Gasteiger charge is 2.30. The summed E-state index contributed by atoms with van der Waals surface area (Å²) in [5, 5.41) is 8.40. The summed E-state index contributed by atoms with van der Waals surface area (Å²) in [7, 11) is 0. The summed E-state index contributed by atoms with van der Waals surface area (Å²) < 4.78 is 0. The molecule has 1 unspecified atom stereocenters. The summed E-state index contributed by atoms with van der Waals surface area (Å²) in [5.41, 5.74) is 2.60. The molecule has 20 heavy (non-hydrogen) atoms. The molecule has 104 valence electrons. The van der Waals surface area contributed by atoms with Crippen LogP contribution < -0.4 is 0 Å². The molecule has 1 aliphatic rings. The number of hydrogen-bond acceptors (Lipinski definition) is 6. The fourth-order valence-electron chi connectivity index (χ4n) is 2.31. The lowest BCUT2D eigenvalue weighted by atomic mass is 10.0. The zero-order valence-electron chi connectivity index (χ0n) is 11.4. The van der Waals surface area contributed by atoms with Crippen molar-refractivity contribution in [2.24, 2.45) is 11.8 Å². The van der Waals surface area contributed by atoms with Crippen molar-refractivity contribution >= 4 is 17.2 Å². The Kier molecular flexibility index (Phi) is 3.43. The quantitative estimate of drug-likeness (QED) is 0.841. The SMILES string of the molecule is CC1CN(C(=O)c2cncc(-c3nncs3)n2)C[C@H]1C. The van der Waals surface area contributed by atoms with E-state index in [1.165, 1.54) is 17.5 Å². The Balaban J connectivity index is 1.84. The first-order valence-electron chi connectivity index (χ1n) is 6.53. The molecule has 0 radical (unpaired) electrons. The van der Waals surface area contributed by atoms with Gasteiger partial charge in [0.1, 0.15) is 16.9 Å². The van der Waals surface area contributed by atoms with Crippen molar-refractivity contribution < 1.29 is 4.79 Å². The van der Waals surface area contributed by atoms with Gasteiger partial charge in [-0.1, -0.05) is 25.2 Å². The molecule has 0 aromatic carbocycles. The molecule has 6 nitrogen and oxygen atoms in total. The highest BCUT2D eigenvalue weighted by Crippen LogP contribution is 2.24. The summed E-state index contributed by atoms with van der Waals surface area (Å²) in [6.45, 7) is 5.90. The van der Waals surface area contributed by atoms with Gasteiger partial charge in [0.15, 0.2) is 5.01 Å². The van der Waals surface area contributed by atoms with E-state index in [4.69, 9.17) is 0 Å². The van der Waals surface area contributed by atoms with Gasteiger partial charge in [0, 0.05) is 13.1 Å². The van der Waals surface area contributed by atoms with Gasteiger partial charge in [0.05, 0.1) is 12.4 Å². The van der Waals surface area contributed by atoms with Crippen molar-refractivity contribution in [2.75, 3.05) is 13.1 Å². The molecule has 0 saturated carbocycles. The minimum absolute atomic E-state index is 0.0555. The Morgan fingerprint density at radius 3 is 2.70 bits per heavy atom. The lowest BCUT2D eigenvalue weighted by molar-refractivity contribution is 0.0779. The molecule has 1 fully saturated rings. The molecule has 1 saturated heterocycles. The second-order valence-corrected chi connectivity index (χ2v) is 6.03. The zero-order valence-corrected chi connectivity index (χ0v) is 12.2. The molecule has 0 bridgehead atoms. The molecule has 0 N–H and O–H groups in total. The maximum atomic E-state index is 12.5. The van der Waals surface area contributed by atoms with E-state index in [0.29, 0.717) is 28.2 Å². The number of carbonyl (C=O) groups is 1. The molecule has 2 atom stereocenters. The summed E-state index contributed by atoms with van der Waals surface area (Å²) >= 11 is 1.38. The third kappa shape index (κ3) is 2.40. The van der Waals surface area contributed by atoms with Crippen LogP contribution in [0.5, 0.6) is 0 Å². The van der Waals surface area contributed by atoms with E-state index in [0.717, 1.165) is 13.1 Å². The van der Waals surface area contributed by atoms with E-state index < -0.39 is 0 Å². The van der Waals surface area contributed by atoms with Crippen LogP contribution in [0, 0.1) is 11.8 Å². The monoisotopic (exact) mass is 289 g/mol. The summed E-state index contributed by atoms with van der Waals surface area (Å²) in [6, 6.07) is 0. The van der Waals surface area contributed by atoms with Gasteiger partial charge in [-0.05, 0) is 11.8 Å². The van der Waals surface area contributed by atoms with Crippen LogP contribution >= 0.6 is 11.3 Å². The molecule has 3 rings (SSSR count). The van der Waals surface area contributed by atoms with Crippen LogP contribution in [0.3, 0.4) is 0 Å². The van der Waals surface area contributed by atoms with Crippen LogP contribution in [0.2, 0.25) is 0 Å². The third-order valence-corrected chi connectivity index (χ3v) is 4.42. The molecule has 1 aliphatic heterocycles. The molecule has 3 heterocycles. The standard InChI is InChI=1S/C13H15N5OS/c1-8-5-18(6-9(8)2)13(19)11-4-14-3-10(16-11)12-17-15-7-20-12/h3-4,7-9H,5-6H2,1-2H3/t8-,9?/m1/s1. The van der Waals surface area contributed by atoms with E-state index in [1.807, 2.05) is 4.90 Å². The Morgan fingerprint density at radius 2 is 2.05 bits per heavy atom. The third-order valence-electron chi connectivity index (χ3n) is 3.71. The lowest BCUT2D eigenvalue weighted by Gasteiger charge is -2.15. The molecule has 7 heteroatoms. The average molecular weight is 289 g/mol. The number of carbonyl (C=O) groups excluding carboxylic acids is 1. The maximum Gasteiger partial charge on any atom is 0.274 e. The largest absolute Gasteiger partial charge is 0.337 e. The first-order valence-corrected chi connectivity index (χ1v) is 7.41. The molecular formula is C13H15N5OS. The molecular weight excluding hydrogens is 274 g/mol. The molecule has 1 amide bonds. The first kappa shape index (κ1) is 13.1. The summed E-state index contributed by atoms with van der Waals surface area (Å²) in [4.78, 5) is 22.8. The predicted molar refractivity (Wildman–Crippen MR) is 75.2 cm³/mol. The zero-order chi connectivity index (χ0) is 14.1. The van der Waals surface area contributed by atoms with E-state index in [9.17, 15) is 4.79 Å². The smallest absolute Gasteiger partial charge is 0.274 e. The maximum absolute atomic E-state index is 12.5.